The zero-order valence-corrected chi connectivity index (χ0v) is 18.0. The minimum atomic E-state index is 0.891. The molecular weight excluding hydrogens is 288 g/mol. The van der Waals surface area contributed by atoms with E-state index in [1.807, 2.05) is 0 Å². The van der Waals surface area contributed by atoms with Gasteiger partial charge < -0.3 is 0 Å². The summed E-state index contributed by atoms with van der Waals surface area (Å²) in [6.07, 6.45) is 23.3. The lowest BCUT2D eigenvalue weighted by Crippen LogP contribution is -2.08. The monoisotopic (exact) mass is 338 g/mol. The molecule has 0 fully saturated rings. The summed E-state index contributed by atoms with van der Waals surface area (Å²) in [6, 6.07) is 0. The van der Waals surface area contributed by atoms with E-state index < -0.39 is 0 Å². The molecule has 2 unspecified atom stereocenters. The van der Waals surface area contributed by atoms with Crippen molar-refractivity contribution in [1.29, 1.82) is 0 Å². The zero-order chi connectivity index (χ0) is 18.0. The summed E-state index contributed by atoms with van der Waals surface area (Å²) in [5.74, 6) is 2.76. The third kappa shape index (κ3) is 16.8. The van der Waals surface area contributed by atoms with Gasteiger partial charge in [0.1, 0.15) is 0 Å². The summed E-state index contributed by atoms with van der Waals surface area (Å²) < 4.78 is 0. The molecule has 0 spiro atoms. The highest BCUT2D eigenvalue weighted by Crippen LogP contribution is 2.24. The molecule has 0 aromatic carbocycles. The van der Waals surface area contributed by atoms with E-state index in [1.165, 1.54) is 103 Å². The zero-order valence-electron chi connectivity index (χ0n) is 18.0. The maximum absolute atomic E-state index is 2.49. The topological polar surface area (TPSA) is 0 Å². The molecule has 0 heterocycles. The SMILES string of the molecule is CCCCCCCCCCC(C)C(C)CCCCCCCC(C)C. The van der Waals surface area contributed by atoms with Gasteiger partial charge in [0.15, 0.2) is 0 Å². The Hall–Kier alpha value is 0. The predicted molar refractivity (Wildman–Crippen MR) is 113 cm³/mol. The summed E-state index contributed by atoms with van der Waals surface area (Å²) in [5, 5.41) is 0. The van der Waals surface area contributed by atoms with Crippen LogP contribution < -0.4 is 0 Å². The molecule has 146 valence electrons. The fraction of sp³-hybridized carbons (Fsp3) is 1.00. The second-order valence-electron chi connectivity index (χ2n) is 8.96. The van der Waals surface area contributed by atoms with Gasteiger partial charge in [-0.15, -0.1) is 0 Å². The Morgan fingerprint density at radius 1 is 0.417 bits per heavy atom. The summed E-state index contributed by atoms with van der Waals surface area (Å²) in [5.41, 5.74) is 0. The first-order valence-electron chi connectivity index (χ1n) is 11.6. The average Bonchev–Trinajstić information content (AvgIpc) is 2.55. The summed E-state index contributed by atoms with van der Waals surface area (Å²) in [4.78, 5) is 0. The third-order valence-electron chi connectivity index (χ3n) is 5.93. The van der Waals surface area contributed by atoms with Crippen LogP contribution in [-0.4, -0.2) is 0 Å². The van der Waals surface area contributed by atoms with Crippen LogP contribution in [-0.2, 0) is 0 Å². The minimum Gasteiger partial charge on any atom is -0.0654 e. The van der Waals surface area contributed by atoms with Gasteiger partial charge in [-0.2, -0.15) is 0 Å². The van der Waals surface area contributed by atoms with E-state index in [2.05, 4.69) is 34.6 Å². The van der Waals surface area contributed by atoms with Crippen molar-refractivity contribution in [1.82, 2.24) is 0 Å². The second-order valence-corrected chi connectivity index (χ2v) is 8.96. The molecule has 0 aliphatic heterocycles. The lowest BCUT2D eigenvalue weighted by atomic mass is 9.86. The van der Waals surface area contributed by atoms with Crippen LogP contribution in [0.5, 0.6) is 0 Å². The van der Waals surface area contributed by atoms with Crippen LogP contribution in [0.3, 0.4) is 0 Å². The standard InChI is InChI=1S/C24H50/c1-6-7-8-9-10-11-14-17-20-23(4)24(5)21-18-15-12-13-16-19-22(2)3/h22-24H,6-21H2,1-5H3. The Bertz CT molecular complexity index is 230. The van der Waals surface area contributed by atoms with E-state index in [1.54, 1.807) is 0 Å². The number of rotatable bonds is 18. The molecule has 0 saturated carbocycles. The van der Waals surface area contributed by atoms with Crippen molar-refractivity contribution in [2.75, 3.05) is 0 Å². The molecule has 0 bridgehead atoms. The molecule has 0 aromatic rings. The molecule has 0 radical (unpaired) electrons. The van der Waals surface area contributed by atoms with E-state index in [9.17, 15) is 0 Å². The maximum atomic E-state index is 2.49. The highest BCUT2D eigenvalue weighted by Gasteiger charge is 2.11. The van der Waals surface area contributed by atoms with Crippen molar-refractivity contribution in [3.8, 4) is 0 Å². The molecule has 0 heteroatoms. The van der Waals surface area contributed by atoms with Crippen LogP contribution in [0.1, 0.15) is 137 Å². The molecule has 0 nitrogen and oxygen atoms in total. The molecule has 0 N–H and O–H groups in total. The van der Waals surface area contributed by atoms with Gasteiger partial charge in [-0.25, -0.2) is 0 Å². The summed E-state index contributed by atoms with van der Waals surface area (Å²) in [7, 11) is 0. The van der Waals surface area contributed by atoms with Crippen LogP contribution in [0, 0.1) is 17.8 Å². The van der Waals surface area contributed by atoms with Gasteiger partial charge in [0, 0.05) is 0 Å². The molecule has 24 heavy (non-hydrogen) atoms. The smallest absolute Gasteiger partial charge is 0.0417 e. The average molecular weight is 339 g/mol. The Labute approximate surface area is 155 Å². The van der Waals surface area contributed by atoms with Gasteiger partial charge in [-0.3, -0.25) is 0 Å². The highest BCUT2D eigenvalue weighted by atomic mass is 14.2. The maximum Gasteiger partial charge on any atom is -0.0417 e. The van der Waals surface area contributed by atoms with Crippen molar-refractivity contribution in [3.63, 3.8) is 0 Å². The Kier molecular flexibility index (Phi) is 17.8. The van der Waals surface area contributed by atoms with E-state index in [0.29, 0.717) is 0 Å². The molecule has 0 aliphatic carbocycles. The predicted octanol–water partition coefficient (Wildman–Crippen LogP) is 9.18. The fourth-order valence-corrected chi connectivity index (χ4v) is 3.72. The Morgan fingerprint density at radius 3 is 1.12 bits per heavy atom. The van der Waals surface area contributed by atoms with Gasteiger partial charge in [-0.1, -0.05) is 137 Å². The van der Waals surface area contributed by atoms with Gasteiger partial charge in [0.2, 0.25) is 0 Å². The van der Waals surface area contributed by atoms with Crippen molar-refractivity contribution < 1.29 is 0 Å². The van der Waals surface area contributed by atoms with Crippen molar-refractivity contribution in [2.45, 2.75) is 137 Å². The van der Waals surface area contributed by atoms with Gasteiger partial charge in [0.05, 0.1) is 0 Å². The number of hydrogen-bond donors (Lipinski definition) is 0. The van der Waals surface area contributed by atoms with Crippen LogP contribution >= 0.6 is 0 Å². The molecule has 2 atom stereocenters. The van der Waals surface area contributed by atoms with Crippen LogP contribution in [0.4, 0.5) is 0 Å². The lowest BCUT2D eigenvalue weighted by molar-refractivity contribution is 0.321. The normalized spacial score (nSPS) is 14.2. The summed E-state index contributed by atoms with van der Waals surface area (Å²) >= 11 is 0. The van der Waals surface area contributed by atoms with Gasteiger partial charge in [0.25, 0.3) is 0 Å². The fourth-order valence-electron chi connectivity index (χ4n) is 3.72. The first-order valence-corrected chi connectivity index (χ1v) is 11.6. The van der Waals surface area contributed by atoms with E-state index in [-0.39, 0.29) is 0 Å². The largest absolute Gasteiger partial charge is 0.0654 e. The second kappa shape index (κ2) is 17.8. The van der Waals surface area contributed by atoms with Gasteiger partial charge >= 0.3 is 0 Å². The summed E-state index contributed by atoms with van der Waals surface area (Å²) in [6.45, 7) is 12.0. The van der Waals surface area contributed by atoms with E-state index >= 15 is 0 Å². The minimum absolute atomic E-state index is 0.891. The van der Waals surface area contributed by atoms with Crippen molar-refractivity contribution >= 4 is 0 Å². The van der Waals surface area contributed by atoms with E-state index in [4.69, 9.17) is 0 Å². The molecule has 0 aliphatic rings. The molecule has 0 rings (SSSR count). The van der Waals surface area contributed by atoms with Crippen molar-refractivity contribution in [2.24, 2.45) is 17.8 Å². The molecule has 0 aromatic heterocycles. The van der Waals surface area contributed by atoms with Crippen molar-refractivity contribution in [3.05, 3.63) is 0 Å². The Morgan fingerprint density at radius 2 is 0.750 bits per heavy atom. The number of hydrogen-bond acceptors (Lipinski definition) is 0. The lowest BCUT2D eigenvalue weighted by Gasteiger charge is -2.19. The van der Waals surface area contributed by atoms with Gasteiger partial charge in [-0.05, 0) is 17.8 Å². The number of unbranched alkanes of at least 4 members (excludes halogenated alkanes) is 11. The molecule has 0 saturated heterocycles. The van der Waals surface area contributed by atoms with Crippen LogP contribution in [0.2, 0.25) is 0 Å². The third-order valence-corrected chi connectivity index (χ3v) is 5.93. The molecule has 0 amide bonds. The first-order chi connectivity index (χ1) is 11.6. The van der Waals surface area contributed by atoms with Crippen LogP contribution in [0.15, 0.2) is 0 Å². The van der Waals surface area contributed by atoms with E-state index in [0.717, 1.165) is 17.8 Å². The van der Waals surface area contributed by atoms with Crippen LogP contribution in [0.25, 0.3) is 0 Å². The Balaban J connectivity index is 3.35. The highest BCUT2D eigenvalue weighted by molar-refractivity contribution is 4.63. The first kappa shape index (κ1) is 24.0. The quantitative estimate of drug-likeness (QED) is 0.218. The molecular formula is C24H50.